The molecule has 0 aliphatic heterocycles. The van der Waals surface area contributed by atoms with Crippen molar-refractivity contribution in [1.82, 2.24) is 0 Å². The van der Waals surface area contributed by atoms with Crippen LogP contribution in [0.25, 0.3) is 0 Å². The van der Waals surface area contributed by atoms with Crippen LogP contribution in [0.15, 0.2) is 18.2 Å². The Morgan fingerprint density at radius 1 is 1.43 bits per heavy atom. The van der Waals surface area contributed by atoms with Crippen molar-refractivity contribution in [2.45, 2.75) is 0 Å². The number of hydrogen-bond donors (Lipinski definition) is 1. The summed E-state index contributed by atoms with van der Waals surface area (Å²) in [6.45, 7) is 0. The summed E-state index contributed by atoms with van der Waals surface area (Å²) >= 11 is 2.94. The number of carbonyl (C=O) groups is 2. The lowest BCUT2D eigenvalue weighted by Crippen LogP contribution is -2.05. The summed E-state index contributed by atoms with van der Waals surface area (Å²) in [7, 11) is 0. The molecule has 74 valence electrons. The van der Waals surface area contributed by atoms with Gasteiger partial charge in [-0.15, -0.1) is 0 Å². The zero-order valence-corrected chi connectivity index (χ0v) is 8.54. The molecule has 0 atom stereocenters. The third kappa shape index (κ3) is 2.17. The van der Waals surface area contributed by atoms with Gasteiger partial charge in [-0.2, -0.15) is 0 Å². The smallest absolute Gasteiger partial charge is 0.338 e. The van der Waals surface area contributed by atoms with E-state index in [1.807, 2.05) is 0 Å². The average Bonchev–Trinajstić information content (AvgIpc) is 2.15. The molecule has 3 nitrogen and oxygen atoms in total. The van der Waals surface area contributed by atoms with Gasteiger partial charge in [-0.1, -0.05) is 22.0 Å². The van der Waals surface area contributed by atoms with Crippen LogP contribution in [0.5, 0.6) is 0 Å². The van der Waals surface area contributed by atoms with E-state index >= 15 is 0 Å². The molecule has 1 aromatic rings. The van der Waals surface area contributed by atoms with E-state index in [1.54, 1.807) is 0 Å². The largest absolute Gasteiger partial charge is 0.478 e. The number of rotatable bonds is 3. The fraction of sp³-hybridized carbons (Fsp3) is 0.111. The third-order valence-electron chi connectivity index (χ3n) is 1.64. The maximum absolute atomic E-state index is 13.0. The van der Waals surface area contributed by atoms with Crippen LogP contribution < -0.4 is 0 Å². The summed E-state index contributed by atoms with van der Waals surface area (Å²) in [6, 6.07) is 3.29. The van der Waals surface area contributed by atoms with Gasteiger partial charge in [0.05, 0.1) is 10.9 Å². The van der Waals surface area contributed by atoms with Crippen LogP contribution >= 0.6 is 15.9 Å². The van der Waals surface area contributed by atoms with E-state index in [9.17, 15) is 14.0 Å². The van der Waals surface area contributed by atoms with Gasteiger partial charge >= 0.3 is 5.97 Å². The van der Waals surface area contributed by atoms with E-state index in [0.717, 1.165) is 12.1 Å². The molecule has 5 heteroatoms. The number of carboxylic acids is 1. The molecule has 0 aromatic heterocycles. The minimum Gasteiger partial charge on any atom is -0.478 e. The molecule has 0 fully saturated rings. The molecular weight excluding hydrogens is 255 g/mol. The standard InChI is InChI=1S/C9H6BrFO3/c10-4-8(12)5-1-2-6(9(13)14)7(11)3-5/h1-3H,4H2,(H,13,14). The minimum absolute atomic E-state index is 0.0822. The monoisotopic (exact) mass is 260 g/mol. The molecule has 0 spiro atoms. The van der Waals surface area contributed by atoms with E-state index in [-0.39, 0.29) is 16.7 Å². The fourth-order valence-corrected chi connectivity index (χ4v) is 1.26. The Balaban J connectivity index is 3.12. The summed E-state index contributed by atoms with van der Waals surface area (Å²) in [5.74, 6) is -2.54. The first-order valence-electron chi connectivity index (χ1n) is 3.68. The topological polar surface area (TPSA) is 54.4 Å². The second-order valence-corrected chi connectivity index (χ2v) is 3.12. The summed E-state index contributed by atoms with van der Waals surface area (Å²) in [5.41, 5.74) is -0.277. The second-order valence-electron chi connectivity index (χ2n) is 2.56. The van der Waals surface area contributed by atoms with Crippen LogP contribution in [0.2, 0.25) is 0 Å². The Hall–Kier alpha value is -1.23. The first-order chi connectivity index (χ1) is 6.56. The van der Waals surface area contributed by atoms with Gasteiger partial charge in [-0.3, -0.25) is 4.79 Å². The molecule has 0 aliphatic rings. The molecule has 14 heavy (non-hydrogen) atoms. The van der Waals surface area contributed by atoms with Crippen molar-refractivity contribution in [2.24, 2.45) is 0 Å². The van der Waals surface area contributed by atoms with Gasteiger partial charge in [0.25, 0.3) is 0 Å². The Labute approximate surface area is 87.7 Å². The molecule has 0 saturated carbocycles. The molecule has 0 radical (unpaired) electrons. The molecular formula is C9H6BrFO3. The van der Waals surface area contributed by atoms with Crippen molar-refractivity contribution >= 4 is 27.7 Å². The molecule has 0 heterocycles. The summed E-state index contributed by atoms with van der Waals surface area (Å²) in [6.07, 6.45) is 0. The number of benzene rings is 1. The zero-order valence-electron chi connectivity index (χ0n) is 6.96. The first kappa shape index (κ1) is 10.8. The van der Waals surface area contributed by atoms with Crippen LogP contribution in [-0.4, -0.2) is 22.2 Å². The van der Waals surface area contributed by atoms with Crippen LogP contribution in [0.4, 0.5) is 4.39 Å². The van der Waals surface area contributed by atoms with Crippen molar-refractivity contribution in [3.8, 4) is 0 Å². The van der Waals surface area contributed by atoms with Crippen molar-refractivity contribution < 1.29 is 19.1 Å². The maximum atomic E-state index is 13.0. The van der Waals surface area contributed by atoms with Gasteiger partial charge in [-0.25, -0.2) is 9.18 Å². The Morgan fingerprint density at radius 2 is 2.07 bits per heavy atom. The molecule has 1 aromatic carbocycles. The van der Waals surface area contributed by atoms with E-state index in [2.05, 4.69) is 15.9 Å². The highest BCUT2D eigenvalue weighted by Gasteiger charge is 2.12. The normalized spacial score (nSPS) is 9.86. The van der Waals surface area contributed by atoms with Crippen molar-refractivity contribution in [3.05, 3.63) is 35.1 Å². The number of ketones is 1. The summed E-state index contributed by atoms with van der Waals surface area (Å²) < 4.78 is 13.0. The van der Waals surface area contributed by atoms with Crippen molar-refractivity contribution in [3.63, 3.8) is 0 Å². The van der Waals surface area contributed by atoms with Gasteiger partial charge in [0.1, 0.15) is 5.82 Å². The van der Waals surface area contributed by atoms with E-state index in [1.165, 1.54) is 6.07 Å². The average molecular weight is 261 g/mol. The van der Waals surface area contributed by atoms with Gasteiger partial charge in [0.15, 0.2) is 5.78 Å². The third-order valence-corrected chi connectivity index (χ3v) is 2.15. The summed E-state index contributed by atoms with van der Waals surface area (Å²) in [5, 5.41) is 8.60. The molecule has 1 rings (SSSR count). The van der Waals surface area contributed by atoms with Crippen molar-refractivity contribution in [1.29, 1.82) is 0 Å². The SMILES string of the molecule is O=C(CBr)c1ccc(C(=O)O)c(F)c1. The Kier molecular flexibility index (Phi) is 3.35. The lowest BCUT2D eigenvalue weighted by molar-refractivity contribution is 0.0691. The Morgan fingerprint density at radius 3 is 2.50 bits per heavy atom. The number of alkyl halides is 1. The van der Waals surface area contributed by atoms with Crippen LogP contribution in [0, 0.1) is 5.82 Å². The van der Waals surface area contributed by atoms with Crippen LogP contribution in [0.3, 0.4) is 0 Å². The highest BCUT2D eigenvalue weighted by atomic mass is 79.9. The summed E-state index contributed by atoms with van der Waals surface area (Å²) in [4.78, 5) is 21.5. The second kappa shape index (κ2) is 4.32. The molecule has 0 aliphatic carbocycles. The van der Waals surface area contributed by atoms with Crippen LogP contribution in [-0.2, 0) is 0 Å². The number of aromatic carboxylic acids is 1. The molecule has 0 unspecified atom stereocenters. The highest BCUT2D eigenvalue weighted by molar-refractivity contribution is 9.09. The first-order valence-corrected chi connectivity index (χ1v) is 4.80. The lowest BCUT2D eigenvalue weighted by atomic mass is 10.1. The maximum Gasteiger partial charge on any atom is 0.338 e. The predicted molar refractivity (Wildman–Crippen MR) is 51.5 cm³/mol. The molecule has 0 amide bonds. The number of carbonyl (C=O) groups excluding carboxylic acids is 1. The van der Waals surface area contributed by atoms with E-state index in [0.29, 0.717) is 0 Å². The minimum atomic E-state index is -1.35. The fourth-order valence-electron chi connectivity index (χ4n) is 0.939. The highest BCUT2D eigenvalue weighted by Crippen LogP contribution is 2.11. The Bertz CT molecular complexity index is 390. The van der Waals surface area contributed by atoms with E-state index < -0.39 is 17.3 Å². The number of carboxylic acid groups (broad SMARTS) is 1. The van der Waals surface area contributed by atoms with Gasteiger partial charge in [-0.05, 0) is 12.1 Å². The quantitative estimate of drug-likeness (QED) is 0.669. The van der Waals surface area contributed by atoms with Crippen molar-refractivity contribution in [2.75, 3.05) is 5.33 Å². The number of hydrogen-bond acceptors (Lipinski definition) is 2. The molecule has 1 N–H and O–H groups in total. The van der Waals surface area contributed by atoms with E-state index in [4.69, 9.17) is 5.11 Å². The number of Topliss-reactive ketones (excluding diaryl/α,β-unsaturated/α-hetero) is 1. The van der Waals surface area contributed by atoms with Crippen LogP contribution in [0.1, 0.15) is 20.7 Å². The number of halogens is 2. The molecule has 0 bridgehead atoms. The zero-order chi connectivity index (χ0) is 10.7. The van der Waals surface area contributed by atoms with Gasteiger partial charge in [0, 0.05) is 5.56 Å². The lowest BCUT2D eigenvalue weighted by Gasteiger charge is -2.00. The van der Waals surface area contributed by atoms with Gasteiger partial charge < -0.3 is 5.11 Å². The van der Waals surface area contributed by atoms with Gasteiger partial charge in [0.2, 0.25) is 0 Å². The predicted octanol–water partition coefficient (Wildman–Crippen LogP) is 2.10. The molecule has 0 saturated heterocycles.